The Morgan fingerprint density at radius 2 is 1.74 bits per heavy atom. The van der Waals surface area contributed by atoms with Crippen molar-refractivity contribution >= 4 is 24.0 Å². The number of hydrogen-bond donors (Lipinski definition) is 2. The van der Waals surface area contributed by atoms with Gasteiger partial charge in [0.15, 0.2) is 0 Å². The zero-order chi connectivity index (χ0) is 13.9. The smallest absolute Gasteiger partial charge is 0.142 e. The summed E-state index contributed by atoms with van der Waals surface area (Å²) in [5.41, 5.74) is 5.59. The molecular formula is C13H19Cl2F2NO. The van der Waals surface area contributed by atoms with Crippen LogP contribution in [0.15, 0.2) is 12.1 Å². The van der Waals surface area contributed by atoms with Crippen LogP contribution in [0.3, 0.4) is 0 Å². The first-order valence-corrected chi connectivity index (χ1v) is 6.29. The largest absolute Gasteiger partial charge is 0.391 e. The number of nitrogens with two attached hydrogens (primary N) is 1. The molecule has 1 rings (SSSR count). The van der Waals surface area contributed by atoms with E-state index in [2.05, 4.69) is 0 Å². The minimum Gasteiger partial charge on any atom is -0.391 e. The Labute approximate surface area is 123 Å². The van der Waals surface area contributed by atoms with Gasteiger partial charge in [0.2, 0.25) is 0 Å². The van der Waals surface area contributed by atoms with Crippen molar-refractivity contribution < 1.29 is 13.9 Å². The predicted molar refractivity (Wildman–Crippen MR) is 75.6 cm³/mol. The lowest BCUT2D eigenvalue weighted by atomic mass is 9.95. The highest BCUT2D eigenvalue weighted by Crippen LogP contribution is 2.30. The maximum absolute atomic E-state index is 13.6. The fraction of sp³-hybridized carbons (Fsp3) is 0.538. The third-order valence-electron chi connectivity index (χ3n) is 2.87. The summed E-state index contributed by atoms with van der Waals surface area (Å²) in [6, 6.07) is 0.881. The van der Waals surface area contributed by atoms with Gasteiger partial charge < -0.3 is 10.8 Å². The average molecular weight is 314 g/mol. The van der Waals surface area contributed by atoms with Gasteiger partial charge in [0.25, 0.3) is 0 Å². The fourth-order valence-corrected chi connectivity index (χ4v) is 2.00. The average Bonchev–Trinajstić information content (AvgIpc) is 2.31. The molecule has 0 aliphatic heterocycles. The van der Waals surface area contributed by atoms with Crippen LogP contribution in [0.25, 0.3) is 0 Å². The minimum absolute atomic E-state index is 0. The molecule has 2 nitrogen and oxygen atoms in total. The zero-order valence-corrected chi connectivity index (χ0v) is 12.4. The number of hydrogen-bond acceptors (Lipinski definition) is 2. The molecule has 0 bridgehead atoms. The third kappa shape index (κ3) is 4.88. The Morgan fingerprint density at radius 3 is 2.26 bits per heavy atom. The predicted octanol–water partition coefficient (Wildman–Crippen LogP) is 3.84. The summed E-state index contributed by atoms with van der Waals surface area (Å²) in [6.07, 6.45) is 0.232. The summed E-state index contributed by atoms with van der Waals surface area (Å²) in [7, 11) is 0. The maximum Gasteiger partial charge on any atom is 0.142 e. The van der Waals surface area contributed by atoms with E-state index in [1.165, 1.54) is 0 Å². The third-order valence-corrected chi connectivity index (χ3v) is 3.25. The Kier molecular flexibility index (Phi) is 7.82. The molecule has 0 heterocycles. The second kappa shape index (κ2) is 8.00. The van der Waals surface area contributed by atoms with E-state index >= 15 is 0 Å². The van der Waals surface area contributed by atoms with Crippen LogP contribution in [-0.2, 0) is 0 Å². The molecule has 0 aromatic heterocycles. The maximum atomic E-state index is 13.6. The Bertz CT molecular complexity index is 416. The van der Waals surface area contributed by atoms with Crippen LogP contribution in [0.5, 0.6) is 0 Å². The summed E-state index contributed by atoms with van der Waals surface area (Å²) in [5.74, 6) is -1.03. The number of benzene rings is 1. The van der Waals surface area contributed by atoms with Gasteiger partial charge in [-0.2, -0.15) is 0 Å². The lowest BCUT2D eigenvalue weighted by Crippen LogP contribution is -2.28. The van der Waals surface area contributed by atoms with Gasteiger partial charge in [-0.15, -0.1) is 12.4 Å². The van der Waals surface area contributed by atoms with Crippen molar-refractivity contribution in [2.45, 2.75) is 38.8 Å². The molecule has 6 heteroatoms. The Balaban J connectivity index is 0.00000324. The van der Waals surface area contributed by atoms with E-state index in [1.54, 1.807) is 0 Å². The first kappa shape index (κ1) is 18.6. The van der Waals surface area contributed by atoms with Gasteiger partial charge in [0, 0.05) is 5.56 Å². The first-order valence-electron chi connectivity index (χ1n) is 5.91. The molecule has 0 fully saturated rings. The number of rotatable bonds is 5. The van der Waals surface area contributed by atoms with Gasteiger partial charge in [-0.3, -0.25) is 0 Å². The number of aliphatic hydroxyl groups excluding tert-OH is 1. The molecule has 0 aliphatic rings. The van der Waals surface area contributed by atoms with Crippen LogP contribution in [0.4, 0.5) is 8.78 Å². The lowest BCUT2D eigenvalue weighted by molar-refractivity contribution is 0.126. The molecule has 0 saturated heterocycles. The van der Waals surface area contributed by atoms with E-state index in [9.17, 15) is 13.9 Å². The van der Waals surface area contributed by atoms with E-state index < -0.39 is 23.8 Å². The Hall–Kier alpha value is -0.420. The molecule has 0 unspecified atom stereocenters. The van der Waals surface area contributed by atoms with Crippen LogP contribution >= 0.6 is 24.0 Å². The van der Waals surface area contributed by atoms with Crippen molar-refractivity contribution in [3.8, 4) is 0 Å². The van der Waals surface area contributed by atoms with E-state index in [0.29, 0.717) is 12.3 Å². The van der Waals surface area contributed by atoms with Gasteiger partial charge in [-0.05, 0) is 30.9 Å². The van der Waals surface area contributed by atoms with Crippen molar-refractivity contribution in [3.63, 3.8) is 0 Å². The molecule has 0 saturated carbocycles. The monoisotopic (exact) mass is 313 g/mol. The quantitative estimate of drug-likeness (QED) is 0.811. The normalized spacial score (nSPS) is 14.1. The second-order valence-corrected chi connectivity index (χ2v) is 5.20. The van der Waals surface area contributed by atoms with Crippen molar-refractivity contribution in [2.24, 2.45) is 11.7 Å². The van der Waals surface area contributed by atoms with Crippen LogP contribution in [0.2, 0.25) is 5.02 Å². The minimum atomic E-state index is -1.02. The summed E-state index contributed by atoms with van der Waals surface area (Å²) in [5, 5.41) is 9.53. The van der Waals surface area contributed by atoms with Crippen LogP contribution in [0, 0.1) is 17.6 Å². The summed E-state index contributed by atoms with van der Waals surface area (Å²) < 4.78 is 26.9. The summed E-state index contributed by atoms with van der Waals surface area (Å²) >= 11 is 5.69. The number of aliphatic hydroxyl groups is 1. The van der Waals surface area contributed by atoms with E-state index in [0.717, 1.165) is 18.6 Å². The highest BCUT2D eigenvalue weighted by molar-refractivity contribution is 6.31. The Morgan fingerprint density at radius 1 is 1.21 bits per heavy atom. The second-order valence-electron chi connectivity index (χ2n) is 4.82. The molecule has 2 atom stereocenters. The molecule has 0 aliphatic carbocycles. The first-order chi connectivity index (χ1) is 8.34. The van der Waals surface area contributed by atoms with Gasteiger partial charge in [0.05, 0.1) is 17.2 Å². The summed E-state index contributed by atoms with van der Waals surface area (Å²) in [4.78, 5) is 0. The van der Waals surface area contributed by atoms with Crippen LogP contribution in [0.1, 0.15) is 38.3 Å². The van der Waals surface area contributed by atoms with E-state index in [4.69, 9.17) is 17.3 Å². The van der Waals surface area contributed by atoms with Crippen LogP contribution < -0.4 is 5.73 Å². The van der Waals surface area contributed by atoms with Crippen molar-refractivity contribution in [2.75, 3.05) is 0 Å². The standard InChI is InChI=1S/C13H18ClF2NO.ClH/c1-7(2)3-6-10(18)13(17)11-8(15)4-5-9(16)12(11)14;/h4-5,7,10,13,18H,3,6,17H2,1-2H3;1H/t10-,13-;/m0./s1. The summed E-state index contributed by atoms with van der Waals surface area (Å²) in [6.45, 7) is 4.02. The van der Waals surface area contributed by atoms with Crippen molar-refractivity contribution in [1.82, 2.24) is 0 Å². The van der Waals surface area contributed by atoms with Crippen molar-refractivity contribution in [1.29, 1.82) is 0 Å². The molecule has 0 amide bonds. The molecule has 0 spiro atoms. The fourth-order valence-electron chi connectivity index (χ4n) is 1.72. The molecule has 3 N–H and O–H groups in total. The van der Waals surface area contributed by atoms with Crippen LogP contribution in [-0.4, -0.2) is 11.2 Å². The van der Waals surface area contributed by atoms with Crippen molar-refractivity contribution in [3.05, 3.63) is 34.4 Å². The highest BCUT2D eigenvalue weighted by atomic mass is 35.5. The number of halogens is 4. The van der Waals surface area contributed by atoms with Gasteiger partial charge >= 0.3 is 0 Å². The molecule has 110 valence electrons. The molecule has 19 heavy (non-hydrogen) atoms. The lowest BCUT2D eigenvalue weighted by Gasteiger charge is -2.21. The van der Waals surface area contributed by atoms with E-state index in [-0.39, 0.29) is 23.0 Å². The van der Waals surface area contributed by atoms with E-state index in [1.807, 2.05) is 13.8 Å². The SMILES string of the molecule is CC(C)CC[C@H](O)[C@H](N)c1c(F)ccc(F)c1Cl.Cl. The van der Waals surface area contributed by atoms with Gasteiger partial charge in [-0.25, -0.2) is 8.78 Å². The highest BCUT2D eigenvalue weighted by Gasteiger charge is 2.24. The van der Waals surface area contributed by atoms with Gasteiger partial charge in [-0.1, -0.05) is 25.4 Å². The zero-order valence-electron chi connectivity index (χ0n) is 10.9. The molecular weight excluding hydrogens is 295 g/mol. The molecule has 0 radical (unpaired) electrons. The van der Waals surface area contributed by atoms with Gasteiger partial charge in [0.1, 0.15) is 11.6 Å². The molecule has 1 aromatic carbocycles. The molecule has 1 aromatic rings. The topological polar surface area (TPSA) is 46.2 Å².